The maximum absolute atomic E-state index is 12.3. The average molecular weight is 296 g/mol. The number of H-pyrrole nitrogens is 1. The minimum absolute atomic E-state index is 0.144. The topological polar surface area (TPSA) is 101 Å². The van der Waals surface area contributed by atoms with Crippen LogP contribution in [0.3, 0.4) is 0 Å². The van der Waals surface area contributed by atoms with E-state index in [-0.39, 0.29) is 11.5 Å². The lowest BCUT2D eigenvalue weighted by molar-refractivity contribution is 1.07. The molecule has 7 nitrogen and oxygen atoms in total. The number of nitrogen functional groups attached to an aromatic ring is 1. The number of anilines is 2. The summed E-state index contributed by atoms with van der Waals surface area (Å²) < 4.78 is 0. The van der Waals surface area contributed by atoms with Gasteiger partial charge in [0.1, 0.15) is 11.5 Å². The molecule has 0 aromatic carbocycles. The number of fused-ring (bicyclic) bond motifs is 1. The number of rotatable bonds is 2. The van der Waals surface area contributed by atoms with Crippen LogP contribution in [-0.4, -0.2) is 34.0 Å². The normalized spacial score (nSPS) is 10.9. The number of pyridine rings is 2. The summed E-state index contributed by atoms with van der Waals surface area (Å²) in [7, 11) is 3.83. The molecule has 0 amide bonds. The highest BCUT2D eigenvalue weighted by Gasteiger charge is 2.10. The van der Waals surface area contributed by atoms with Gasteiger partial charge in [-0.25, -0.2) is 9.97 Å². The van der Waals surface area contributed by atoms with Gasteiger partial charge in [0.2, 0.25) is 5.95 Å². The fraction of sp³-hybridized carbons (Fsp3) is 0.200. The number of hydrogen-bond donors (Lipinski definition) is 2. The average Bonchev–Trinajstić information content (AvgIpc) is 2.46. The van der Waals surface area contributed by atoms with Crippen LogP contribution in [0.1, 0.15) is 5.69 Å². The van der Waals surface area contributed by atoms with Crippen LogP contribution >= 0.6 is 0 Å². The zero-order valence-corrected chi connectivity index (χ0v) is 12.6. The van der Waals surface area contributed by atoms with Gasteiger partial charge in [-0.15, -0.1) is 0 Å². The standard InChI is InChI=1S/C15H16N6O/c1-8-10-6-11(9-4-5-12(17-7-9)21(2)3)14(22)19-13(10)20-15(16)18-8/h4-7H,1-3H3,(H3,16,18,19,20,22). The van der Waals surface area contributed by atoms with Gasteiger partial charge in [0, 0.05) is 36.8 Å². The molecule has 0 fully saturated rings. The molecule has 0 spiro atoms. The van der Waals surface area contributed by atoms with Crippen molar-refractivity contribution in [2.75, 3.05) is 24.7 Å². The molecule has 22 heavy (non-hydrogen) atoms. The largest absolute Gasteiger partial charge is 0.368 e. The molecule has 0 saturated carbocycles. The number of aryl methyl sites for hydroxylation is 1. The molecule has 7 heteroatoms. The van der Waals surface area contributed by atoms with Crippen LogP contribution < -0.4 is 16.2 Å². The Balaban J connectivity index is 2.18. The van der Waals surface area contributed by atoms with Crippen molar-refractivity contribution in [3.8, 4) is 11.1 Å². The van der Waals surface area contributed by atoms with E-state index in [1.165, 1.54) is 0 Å². The first kappa shape index (κ1) is 14.0. The summed E-state index contributed by atoms with van der Waals surface area (Å²) in [6.45, 7) is 1.83. The number of aromatic amines is 1. The lowest BCUT2D eigenvalue weighted by Crippen LogP contribution is -2.12. The van der Waals surface area contributed by atoms with Gasteiger partial charge in [-0.3, -0.25) is 4.79 Å². The van der Waals surface area contributed by atoms with E-state index in [0.717, 1.165) is 22.5 Å². The highest BCUT2D eigenvalue weighted by atomic mass is 16.1. The molecule has 0 aliphatic rings. The molecule has 3 N–H and O–H groups in total. The van der Waals surface area contributed by atoms with Crippen molar-refractivity contribution in [1.29, 1.82) is 0 Å². The predicted molar refractivity (Wildman–Crippen MR) is 86.9 cm³/mol. The first-order valence-electron chi connectivity index (χ1n) is 6.76. The van der Waals surface area contributed by atoms with Gasteiger partial charge in [-0.05, 0) is 25.1 Å². The van der Waals surface area contributed by atoms with E-state index < -0.39 is 0 Å². The molecular formula is C15H16N6O. The monoisotopic (exact) mass is 296 g/mol. The van der Waals surface area contributed by atoms with Crippen molar-refractivity contribution in [3.05, 3.63) is 40.4 Å². The van der Waals surface area contributed by atoms with Gasteiger partial charge in [0.15, 0.2) is 0 Å². The van der Waals surface area contributed by atoms with E-state index in [2.05, 4.69) is 19.9 Å². The third-order valence-corrected chi connectivity index (χ3v) is 3.44. The Morgan fingerprint density at radius 1 is 1.23 bits per heavy atom. The lowest BCUT2D eigenvalue weighted by Gasteiger charge is -2.11. The summed E-state index contributed by atoms with van der Waals surface area (Å²) >= 11 is 0. The van der Waals surface area contributed by atoms with Crippen LogP contribution in [0.15, 0.2) is 29.2 Å². The van der Waals surface area contributed by atoms with Gasteiger partial charge in [-0.2, -0.15) is 4.98 Å². The first-order chi connectivity index (χ1) is 10.5. The fourth-order valence-electron chi connectivity index (χ4n) is 2.28. The summed E-state index contributed by atoms with van der Waals surface area (Å²) in [5.41, 5.74) is 7.81. The Bertz CT molecular complexity index is 898. The first-order valence-corrected chi connectivity index (χ1v) is 6.76. The molecular weight excluding hydrogens is 280 g/mol. The summed E-state index contributed by atoms with van der Waals surface area (Å²) in [6, 6.07) is 5.51. The van der Waals surface area contributed by atoms with Crippen molar-refractivity contribution in [1.82, 2.24) is 19.9 Å². The summed E-state index contributed by atoms with van der Waals surface area (Å²) in [5.74, 6) is 0.971. The second kappa shape index (κ2) is 5.10. The van der Waals surface area contributed by atoms with Gasteiger partial charge < -0.3 is 15.6 Å². The van der Waals surface area contributed by atoms with Crippen molar-refractivity contribution >= 4 is 22.8 Å². The maximum Gasteiger partial charge on any atom is 0.257 e. The number of nitrogens with zero attached hydrogens (tertiary/aromatic N) is 4. The maximum atomic E-state index is 12.3. The minimum Gasteiger partial charge on any atom is -0.368 e. The van der Waals surface area contributed by atoms with E-state index in [4.69, 9.17) is 5.73 Å². The van der Waals surface area contributed by atoms with E-state index >= 15 is 0 Å². The molecule has 3 aromatic heterocycles. The van der Waals surface area contributed by atoms with Crippen molar-refractivity contribution in [2.45, 2.75) is 6.92 Å². The SMILES string of the molecule is Cc1nc(N)nc2[nH]c(=O)c(-c3ccc(N(C)C)nc3)cc12. The molecule has 0 unspecified atom stereocenters. The Kier molecular flexibility index (Phi) is 3.25. The lowest BCUT2D eigenvalue weighted by atomic mass is 10.1. The highest BCUT2D eigenvalue weighted by Crippen LogP contribution is 2.21. The van der Waals surface area contributed by atoms with Gasteiger partial charge in [0.25, 0.3) is 5.56 Å². The molecule has 3 aromatic rings. The van der Waals surface area contributed by atoms with Crippen LogP contribution in [0.5, 0.6) is 0 Å². The molecule has 0 bridgehead atoms. The van der Waals surface area contributed by atoms with Crippen LogP contribution in [0.25, 0.3) is 22.2 Å². The Hall–Kier alpha value is -2.96. The quantitative estimate of drug-likeness (QED) is 0.740. The molecule has 0 saturated heterocycles. The zero-order chi connectivity index (χ0) is 15.9. The molecule has 112 valence electrons. The number of hydrogen-bond acceptors (Lipinski definition) is 6. The fourth-order valence-corrected chi connectivity index (χ4v) is 2.28. The molecule has 0 aliphatic carbocycles. The third-order valence-electron chi connectivity index (χ3n) is 3.44. The Morgan fingerprint density at radius 2 is 2.00 bits per heavy atom. The smallest absolute Gasteiger partial charge is 0.257 e. The predicted octanol–water partition coefficient (Wildman–Crippen LogP) is 1.34. The number of aromatic nitrogens is 4. The van der Waals surface area contributed by atoms with Crippen molar-refractivity contribution in [2.24, 2.45) is 0 Å². The van der Waals surface area contributed by atoms with Crippen LogP contribution in [0.4, 0.5) is 11.8 Å². The van der Waals surface area contributed by atoms with Crippen LogP contribution in [0, 0.1) is 6.92 Å². The highest BCUT2D eigenvalue weighted by molar-refractivity contribution is 5.83. The third kappa shape index (κ3) is 2.37. The van der Waals surface area contributed by atoms with Crippen molar-refractivity contribution in [3.63, 3.8) is 0 Å². The van der Waals surface area contributed by atoms with Gasteiger partial charge in [-0.1, -0.05) is 0 Å². The van der Waals surface area contributed by atoms with E-state index in [1.807, 2.05) is 38.1 Å². The summed E-state index contributed by atoms with van der Waals surface area (Å²) in [5, 5.41) is 0.764. The number of nitrogens with one attached hydrogen (secondary N) is 1. The molecule has 0 radical (unpaired) electrons. The molecule has 0 aliphatic heterocycles. The second-order valence-corrected chi connectivity index (χ2v) is 5.24. The van der Waals surface area contributed by atoms with Crippen LogP contribution in [-0.2, 0) is 0 Å². The van der Waals surface area contributed by atoms with Gasteiger partial charge in [0.05, 0.1) is 5.69 Å². The molecule has 3 rings (SSSR count). The number of nitrogens with two attached hydrogens (primary N) is 1. The van der Waals surface area contributed by atoms with E-state index in [1.54, 1.807) is 12.3 Å². The van der Waals surface area contributed by atoms with Crippen molar-refractivity contribution < 1.29 is 0 Å². The van der Waals surface area contributed by atoms with E-state index in [0.29, 0.717) is 11.2 Å². The molecule has 0 atom stereocenters. The summed E-state index contributed by atoms with van der Waals surface area (Å²) in [6.07, 6.45) is 1.68. The van der Waals surface area contributed by atoms with E-state index in [9.17, 15) is 4.79 Å². The second-order valence-electron chi connectivity index (χ2n) is 5.24. The Labute approximate surface area is 126 Å². The Morgan fingerprint density at radius 3 is 2.64 bits per heavy atom. The summed E-state index contributed by atoms with van der Waals surface area (Å²) in [4.78, 5) is 29.4. The zero-order valence-electron chi connectivity index (χ0n) is 12.6. The molecule has 3 heterocycles. The van der Waals surface area contributed by atoms with Crippen LogP contribution in [0.2, 0.25) is 0 Å². The minimum atomic E-state index is -0.232. The van der Waals surface area contributed by atoms with Gasteiger partial charge >= 0.3 is 0 Å².